The van der Waals surface area contributed by atoms with Crippen molar-refractivity contribution in [1.29, 1.82) is 0 Å². The Bertz CT molecular complexity index is 601. The first kappa shape index (κ1) is 28.2. The van der Waals surface area contributed by atoms with Crippen LogP contribution < -0.4 is 0 Å². The van der Waals surface area contributed by atoms with Gasteiger partial charge in [-0.3, -0.25) is 4.79 Å². The summed E-state index contributed by atoms with van der Waals surface area (Å²) in [6.07, 6.45) is 14.7. The number of esters is 1. The summed E-state index contributed by atoms with van der Waals surface area (Å²) < 4.78 is 11.1. The molecular weight excluding hydrogens is 404 g/mol. The molecule has 0 aliphatic heterocycles. The maximum Gasteiger partial charge on any atom is 0.345 e. The molecule has 182 valence electrons. The van der Waals surface area contributed by atoms with E-state index in [4.69, 9.17) is 14.6 Å². The predicted molar refractivity (Wildman–Crippen MR) is 129 cm³/mol. The highest BCUT2D eigenvalue weighted by atomic mass is 16.6. The molecule has 1 N–H and O–H groups in total. The second-order valence-electron chi connectivity index (χ2n) is 8.76. The molecule has 5 nitrogen and oxygen atoms in total. The van der Waals surface area contributed by atoms with Gasteiger partial charge in [0.05, 0.1) is 12.7 Å². The Morgan fingerprint density at radius 2 is 1.34 bits per heavy atom. The lowest BCUT2D eigenvalue weighted by atomic mass is 10.0. The van der Waals surface area contributed by atoms with Gasteiger partial charge in [-0.05, 0) is 31.2 Å². The minimum absolute atomic E-state index is 0.277. The molecule has 0 aliphatic rings. The van der Waals surface area contributed by atoms with Gasteiger partial charge in [-0.2, -0.15) is 0 Å². The fourth-order valence-corrected chi connectivity index (χ4v) is 3.92. The average molecular weight is 449 g/mol. The zero-order valence-electron chi connectivity index (χ0n) is 20.2. The number of unbranched alkanes of at least 4 members (excludes halogenated alkanes) is 9. The van der Waals surface area contributed by atoms with Crippen LogP contribution in [0.4, 0.5) is 0 Å². The molecule has 0 heterocycles. The molecule has 2 atom stereocenters. The van der Waals surface area contributed by atoms with Gasteiger partial charge in [0.2, 0.25) is 0 Å². The van der Waals surface area contributed by atoms with Crippen LogP contribution in [0.2, 0.25) is 0 Å². The minimum Gasteiger partial charge on any atom is -0.479 e. The Hall–Kier alpha value is -1.88. The molecular formula is C27H44O5. The van der Waals surface area contributed by atoms with Crippen LogP contribution in [0.15, 0.2) is 30.3 Å². The second kappa shape index (κ2) is 18.7. The maximum absolute atomic E-state index is 11.1. The highest BCUT2D eigenvalue weighted by Crippen LogP contribution is 2.18. The average Bonchev–Trinajstić information content (AvgIpc) is 2.77. The Kier molecular flexibility index (Phi) is 16.4. The number of aliphatic carboxylic acids is 1. The Balaban J connectivity index is 2.29. The third-order valence-corrected chi connectivity index (χ3v) is 5.78. The lowest BCUT2D eigenvalue weighted by Gasteiger charge is -2.18. The third kappa shape index (κ3) is 15.0. The van der Waals surface area contributed by atoms with Crippen LogP contribution in [0.5, 0.6) is 0 Å². The molecule has 0 saturated carbocycles. The molecule has 0 amide bonds. The van der Waals surface area contributed by atoms with Crippen LogP contribution in [0, 0.1) is 0 Å². The van der Waals surface area contributed by atoms with Crippen molar-refractivity contribution in [3.8, 4) is 0 Å². The number of carboxylic acid groups (broad SMARTS) is 1. The van der Waals surface area contributed by atoms with E-state index in [9.17, 15) is 9.59 Å². The Morgan fingerprint density at radius 1 is 0.812 bits per heavy atom. The van der Waals surface area contributed by atoms with Crippen molar-refractivity contribution >= 4 is 11.9 Å². The number of rotatable bonds is 20. The number of carbonyl (C=O) groups excluding carboxylic acids is 1. The molecule has 5 heteroatoms. The molecule has 2 unspecified atom stereocenters. The van der Waals surface area contributed by atoms with Crippen LogP contribution >= 0.6 is 0 Å². The van der Waals surface area contributed by atoms with Gasteiger partial charge >= 0.3 is 11.9 Å². The lowest BCUT2D eigenvalue weighted by Crippen LogP contribution is -2.25. The van der Waals surface area contributed by atoms with E-state index in [2.05, 4.69) is 19.1 Å². The molecule has 0 fully saturated rings. The van der Waals surface area contributed by atoms with Crippen LogP contribution in [-0.2, 0) is 25.7 Å². The van der Waals surface area contributed by atoms with Crippen LogP contribution in [-0.4, -0.2) is 29.3 Å². The standard InChI is InChI=1S/C27H44O5/c1-3-4-5-6-7-8-14-19-25(31-22-24-17-12-11-13-18-24)20-15-9-10-16-21-26(27(29)30)32-23(2)28/h11-13,17-18,25-26H,3-10,14-16,19-22H2,1-2H3,(H,29,30). The molecule has 0 radical (unpaired) electrons. The molecule has 1 aromatic carbocycles. The number of hydrogen-bond acceptors (Lipinski definition) is 4. The van der Waals surface area contributed by atoms with E-state index < -0.39 is 18.0 Å². The van der Waals surface area contributed by atoms with Crippen LogP contribution in [0.1, 0.15) is 109 Å². The van der Waals surface area contributed by atoms with Crippen molar-refractivity contribution in [2.75, 3.05) is 0 Å². The van der Waals surface area contributed by atoms with Crippen molar-refractivity contribution in [2.45, 2.75) is 123 Å². The van der Waals surface area contributed by atoms with Crippen molar-refractivity contribution < 1.29 is 24.2 Å². The van der Waals surface area contributed by atoms with Gasteiger partial charge in [0.15, 0.2) is 6.10 Å². The van der Waals surface area contributed by atoms with Gasteiger partial charge in [-0.1, -0.05) is 101 Å². The quantitative estimate of drug-likeness (QED) is 0.171. The van der Waals surface area contributed by atoms with Crippen LogP contribution in [0.25, 0.3) is 0 Å². The number of carboxylic acids is 1. The zero-order chi connectivity index (χ0) is 23.4. The monoisotopic (exact) mass is 448 g/mol. The number of carbonyl (C=O) groups is 2. The molecule has 0 spiro atoms. The van der Waals surface area contributed by atoms with Crippen molar-refractivity contribution in [3.63, 3.8) is 0 Å². The summed E-state index contributed by atoms with van der Waals surface area (Å²) >= 11 is 0. The van der Waals surface area contributed by atoms with Crippen LogP contribution in [0.3, 0.4) is 0 Å². The number of ether oxygens (including phenoxy) is 2. The summed E-state index contributed by atoms with van der Waals surface area (Å²) in [6.45, 7) is 4.15. The molecule has 32 heavy (non-hydrogen) atoms. The summed E-state index contributed by atoms with van der Waals surface area (Å²) in [5.41, 5.74) is 1.21. The molecule has 1 aromatic rings. The van der Waals surface area contributed by atoms with E-state index >= 15 is 0 Å². The van der Waals surface area contributed by atoms with Crippen molar-refractivity contribution in [3.05, 3.63) is 35.9 Å². The molecule has 0 aromatic heterocycles. The van der Waals surface area contributed by atoms with Gasteiger partial charge in [0.1, 0.15) is 0 Å². The van der Waals surface area contributed by atoms with Crippen molar-refractivity contribution in [1.82, 2.24) is 0 Å². The summed E-state index contributed by atoms with van der Waals surface area (Å²) in [4.78, 5) is 22.1. The Labute approximate surface area is 194 Å². The summed E-state index contributed by atoms with van der Waals surface area (Å²) in [5, 5.41) is 9.12. The maximum atomic E-state index is 11.1. The van der Waals surface area contributed by atoms with E-state index in [1.165, 1.54) is 57.4 Å². The zero-order valence-corrected chi connectivity index (χ0v) is 20.2. The first-order valence-corrected chi connectivity index (χ1v) is 12.6. The summed E-state index contributed by atoms with van der Waals surface area (Å²) in [6, 6.07) is 10.3. The van der Waals surface area contributed by atoms with Crippen molar-refractivity contribution in [2.24, 2.45) is 0 Å². The normalized spacial score (nSPS) is 12.9. The SMILES string of the molecule is CCCCCCCCCC(CCCCCCC(OC(C)=O)C(=O)O)OCc1ccccc1. The first-order chi connectivity index (χ1) is 15.5. The van der Waals surface area contributed by atoms with E-state index in [0.29, 0.717) is 13.0 Å². The fourth-order valence-electron chi connectivity index (χ4n) is 3.92. The highest BCUT2D eigenvalue weighted by molar-refractivity contribution is 5.76. The molecule has 1 rings (SSSR count). The van der Waals surface area contributed by atoms with Gasteiger partial charge in [-0.15, -0.1) is 0 Å². The number of hydrogen-bond donors (Lipinski definition) is 1. The minimum atomic E-state index is -1.07. The molecule has 0 bridgehead atoms. The Morgan fingerprint density at radius 3 is 1.88 bits per heavy atom. The van der Waals surface area contributed by atoms with Gasteiger partial charge in [-0.25, -0.2) is 4.79 Å². The second-order valence-corrected chi connectivity index (χ2v) is 8.76. The topological polar surface area (TPSA) is 72.8 Å². The summed E-state index contributed by atoms with van der Waals surface area (Å²) in [7, 11) is 0. The smallest absolute Gasteiger partial charge is 0.345 e. The van der Waals surface area contributed by atoms with E-state index in [-0.39, 0.29) is 6.10 Å². The molecule has 0 saturated heterocycles. The highest BCUT2D eigenvalue weighted by Gasteiger charge is 2.19. The summed E-state index contributed by atoms with van der Waals surface area (Å²) in [5.74, 6) is -1.61. The van der Waals surface area contributed by atoms with E-state index in [0.717, 1.165) is 38.5 Å². The number of benzene rings is 1. The van der Waals surface area contributed by atoms with E-state index in [1.54, 1.807) is 0 Å². The largest absolute Gasteiger partial charge is 0.479 e. The van der Waals surface area contributed by atoms with Gasteiger partial charge in [0, 0.05) is 6.92 Å². The lowest BCUT2D eigenvalue weighted by molar-refractivity contribution is -0.163. The van der Waals surface area contributed by atoms with E-state index in [1.807, 2.05) is 18.2 Å². The first-order valence-electron chi connectivity index (χ1n) is 12.6. The molecule has 0 aliphatic carbocycles. The third-order valence-electron chi connectivity index (χ3n) is 5.78. The van der Waals surface area contributed by atoms with Gasteiger partial charge < -0.3 is 14.6 Å². The fraction of sp³-hybridized carbons (Fsp3) is 0.704. The predicted octanol–water partition coefficient (Wildman–Crippen LogP) is 7.07. The van der Waals surface area contributed by atoms with Gasteiger partial charge in [0.25, 0.3) is 0 Å².